The lowest BCUT2D eigenvalue weighted by molar-refractivity contribution is -0.146. The van der Waals surface area contributed by atoms with E-state index in [0.29, 0.717) is 33.9 Å². The molecule has 2 heterocycles. The van der Waals surface area contributed by atoms with Crippen molar-refractivity contribution in [3.05, 3.63) is 58.5 Å². The highest BCUT2D eigenvalue weighted by molar-refractivity contribution is 6.30. The molecular weight excluding hydrogens is 424 g/mol. The molecule has 10 heteroatoms. The van der Waals surface area contributed by atoms with E-state index < -0.39 is 0 Å². The highest BCUT2D eigenvalue weighted by atomic mass is 35.5. The fraction of sp³-hybridized carbons (Fsp3) is 0.429. The van der Waals surface area contributed by atoms with Crippen molar-refractivity contribution >= 4 is 17.5 Å². The van der Waals surface area contributed by atoms with Crippen LogP contribution in [0.1, 0.15) is 42.4 Å². The lowest BCUT2D eigenvalue weighted by Gasteiger charge is -2.68. The minimum Gasteiger partial charge on any atom is -0.485 e. The maximum atomic E-state index is 12.2. The van der Waals surface area contributed by atoms with Gasteiger partial charge in [0, 0.05) is 16.6 Å². The number of carbonyl (C=O) groups excluding carboxylic acids is 1. The normalized spacial score (nSPS) is 23.7. The van der Waals surface area contributed by atoms with Crippen LogP contribution in [-0.2, 0) is 28.2 Å². The second kappa shape index (κ2) is 7.65. The van der Waals surface area contributed by atoms with Crippen molar-refractivity contribution in [3.8, 4) is 5.75 Å². The van der Waals surface area contributed by atoms with E-state index >= 15 is 0 Å². The van der Waals surface area contributed by atoms with E-state index in [9.17, 15) is 4.79 Å². The molecule has 2 bridgehead atoms. The van der Waals surface area contributed by atoms with Crippen LogP contribution in [0, 0.1) is 6.92 Å². The maximum Gasteiger partial charge on any atom is 0.246 e. The Morgan fingerprint density at radius 2 is 1.94 bits per heavy atom. The van der Waals surface area contributed by atoms with E-state index in [1.165, 1.54) is 0 Å². The molecule has 0 unspecified atom stereocenters. The van der Waals surface area contributed by atoms with E-state index in [0.717, 1.165) is 19.3 Å². The Morgan fingerprint density at radius 3 is 2.65 bits per heavy atom. The molecule has 1 amide bonds. The number of nitrogens with one attached hydrogen (secondary N) is 1. The first-order chi connectivity index (χ1) is 14.9. The lowest BCUT2D eigenvalue weighted by atomic mass is 9.39. The third-order valence-corrected chi connectivity index (χ3v) is 5.95. The van der Waals surface area contributed by atoms with Gasteiger partial charge in [-0.3, -0.25) is 4.79 Å². The first-order valence-electron chi connectivity index (χ1n) is 9.96. The number of carbonyl (C=O) groups is 1. The molecule has 3 saturated carbocycles. The maximum absolute atomic E-state index is 12.2. The van der Waals surface area contributed by atoms with E-state index in [1.54, 1.807) is 37.3 Å². The summed E-state index contributed by atoms with van der Waals surface area (Å²) in [4.78, 5) is 16.7. The van der Waals surface area contributed by atoms with Crippen molar-refractivity contribution in [2.45, 2.75) is 50.4 Å². The van der Waals surface area contributed by atoms with Crippen molar-refractivity contribution in [1.82, 2.24) is 20.6 Å². The number of hydrogen-bond donors (Lipinski definition) is 1. The summed E-state index contributed by atoms with van der Waals surface area (Å²) in [5.74, 6) is 2.35. The van der Waals surface area contributed by atoms with Crippen LogP contribution in [0.5, 0.6) is 5.75 Å². The molecule has 0 spiro atoms. The molecule has 6 rings (SSSR count). The average Bonchev–Trinajstić information content (AvgIpc) is 3.32. The fourth-order valence-corrected chi connectivity index (χ4v) is 4.55. The van der Waals surface area contributed by atoms with E-state index in [-0.39, 0.29) is 36.7 Å². The fourth-order valence-electron chi connectivity index (χ4n) is 4.42. The van der Waals surface area contributed by atoms with Gasteiger partial charge in [0.15, 0.2) is 6.61 Å². The summed E-state index contributed by atoms with van der Waals surface area (Å²) in [6, 6.07) is 8.87. The molecular formula is C21H21ClN4O5. The van der Waals surface area contributed by atoms with Crippen LogP contribution >= 0.6 is 11.6 Å². The van der Waals surface area contributed by atoms with E-state index in [4.69, 9.17) is 30.1 Å². The minimum absolute atomic E-state index is 0.0204. The van der Waals surface area contributed by atoms with Gasteiger partial charge in [0.05, 0.1) is 12.0 Å². The summed E-state index contributed by atoms with van der Waals surface area (Å²) in [6.07, 6.45) is 2.36. The van der Waals surface area contributed by atoms with Crippen molar-refractivity contribution in [2.75, 3.05) is 6.61 Å². The SMILES string of the molecule is Cc1cc(COCC(=O)NC23CC(c4nc(COc5ccc(Cl)cc5)no4)(C2)C3)no1. The first kappa shape index (κ1) is 20.0. The number of nitrogens with zero attached hydrogens (tertiary/aromatic N) is 3. The van der Waals surface area contributed by atoms with Crippen LogP contribution in [-0.4, -0.2) is 33.4 Å². The molecule has 0 radical (unpaired) electrons. The number of halogens is 1. The molecule has 3 aliphatic carbocycles. The number of aromatic nitrogens is 3. The molecule has 3 aliphatic rings. The lowest BCUT2D eigenvalue weighted by Crippen LogP contribution is -2.77. The third-order valence-electron chi connectivity index (χ3n) is 5.70. The van der Waals surface area contributed by atoms with Crippen molar-refractivity contribution < 1.29 is 23.3 Å². The molecule has 9 nitrogen and oxygen atoms in total. The molecule has 1 aromatic carbocycles. The van der Waals surface area contributed by atoms with Crippen LogP contribution in [0.15, 0.2) is 39.4 Å². The Balaban J connectivity index is 1.07. The van der Waals surface area contributed by atoms with Gasteiger partial charge >= 0.3 is 0 Å². The molecule has 162 valence electrons. The van der Waals surface area contributed by atoms with E-state index in [1.807, 2.05) is 0 Å². The van der Waals surface area contributed by atoms with Crippen LogP contribution in [0.3, 0.4) is 0 Å². The molecule has 31 heavy (non-hydrogen) atoms. The topological polar surface area (TPSA) is 113 Å². The Hall–Kier alpha value is -2.91. The van der Waals surface area contributed by atoms with Gasteiger partial charge < -0.3 is 23.8 Å². The van der Waals surface area contributed by atoms with E-state index in [2.05, 4.69) is 20.6 Å². The number of hydrogen-bond acceptors (Lipinski definition) is 8. The first-order valence-corrected chi connectivity index (χ1v) is 10.3. The van der Waals surface area contributed by atoms with Crippen LogP contribution < -0.4 is 10.1 Å². The molecule has 3 fully saturated rings. The highest BCUT2D eigenvalue weighted by Crippen LogP contribution is 2.67. The largest absolute Gasteiger partial charge is 0.485 e. The summed E-state index contributed by atoms with van der Waals surface area (Å²) >= 11 is 5.87. The second-order valence-electron chi connectivity index (χ2n) is 8.32. The zero-order valence-corrected chi connectivity index (χ0v) is 17.6. The van der Waals surface area contributed by atoms with Gasteiger partial charge in [0.2, 0.25) is 17.6 Å². The second-order valence-corrected chi connectivity index (χ2v) is 8.76. The van der Waals surface area contributed by atoms with Crippen LogP contribution in [0.4, 0.5) is 0 Å². The average molecular weight is 445 g/mol. The smallest absolute Gasteiger partial charge is 0.246 e. The molecule has 1 N–H and O–H groups in total. The summed E-state index contributed by atoms with van der Waals surface area (Å²) in [5, 5.41) is 11.6. The summed E-state index contributed by atoms with van der Waals surface area (Å²) in [5.41, 5.74) is 0.332. The van der Waals surface area contributed by atoms with Crippen LogP contribution in [0.2, 0.25) is 5.02 Å². The highest BCUT2D eigenvalue weighted by Gasteiger charge is 2.71. The monoisotopic (exact) mass is 444 g/mol. The standard InChI is InChI=1S/C21H21ClN4O5/c1-13-6-15(25-30-13)7-28-9-18(27)24-21-10-20(11-21,12-21)19-23-17(26-31-19)8-29-16-4-2-14(22)3-5-16/h2-6H,7-12H2,1H3,(H,24,27). The molecule has 0 aliphatic heterocycles. The number of rotatable bonds is 9. The predicted molar refractivity (Wildman–Crippen MR) is 107 cm³/mol. The Kier molecular flexibility index (Phi) is 4.94. The number of benzene rings is 1. The Morgan fingerprint density at radius 1 is 1.16 bits per heavy atom. The predicted octanol–water partition coefficient (Wildman–Crippen LogP) is 3.11. The Labute approximate surface area is 183 Å². The van der Waals surface area contributed by atoms with Crippen LogP contribution in [0.25, 0.3) is 0 Å². The van der Waals surface area contributed by atoms with Gasteiger partial charge in [0.25, 0.3) is 0 Å². The molecule has 0 atom stereocenters. The van der Waals surface area contributed by atoms with Gasteiger partial charge in [-0.1, -0.05) is 21.9 Å². The van der Waals surface area contributed by atoms with Gasteiger partial charge in [0.1, 0.15) is 23.8 Å². The Bertz CT molecular complexity index is 1070. The summed E-state index contributed by atoms with van der Waals surface area (Å²) < 4.78 is 21.5. The van der Waals surface area contributed by atoms with Crippen molar-refractivity contribution in [1.29, 1.82) is 0 Å². The van der Waals surface area contributed by atoms with Gasteiger partial charge in [-0.2, -0.15) is 4.98 Å². The van der Waals surface area contributed by atoms with Crippen molar-refractivity contribution in [3.63, 3.8) is 0 Å². The zero-order valence-electron chi connectivity index (χ0n) is 16.9. The van der Waals surface area contributed by atoms with Gasteiger partial charge in [-0.15, -0.1) is 0 Å². The molecule has 0 saturated heterocycles. The quantitative estimate of drug-likeness (QED) is 0.535. The van der Waals surface area contributed by atoms with Crippen molar-refractivity contribution in [2.24, 2.45) is 0 Å². The molecule has 2 aromatic heterocycles. The number of aryl methyl sites for hydroxylation is 1. The number of amides is 1. The minimum atomic E-state index is -0.195. The number of ether oxygens (including phenoxy) is 2. The summed E-state index contributed by atoms with van der Waals surface area (Å²) in [7, 11) is 0. The zero-order chi connectivity index (χ0) is 21.5. The molecule has 3 aromatic rings. The summed E-state index contributed by atoms with van der Waals surface area (Å²) in [6.45, 7) is 2.24. The third kappa shape index (κ3) is 4.03. The van der Waals surface area contributed by atoms with Gasteiger partial charge in [-0.25, -0.2) is 0 Å². The van der Waals surface area contributed by atoms with Gasteiger partial charge in [-0.05, 0) is 50.5 Å².